The van der Waals surface area contributed by atoms with E-state index < -0.39 is 0 Å². The van der Waals surface area contributed by atoms with Gasteiger partial charge in [0.2, 0.25) is 5.91 Å². The summed E-state index contributed by atoms with van der Waals surface area (Å²) in [5.41, 5.74) is 3.12. The van der Waals surface area contributed by atoms with Gasteiger partial charge in [-0.2, -0.15) is 10.1 Å². The molecule has 2 aromatic heterocycles. The van der Waals surface area contributed by atoms with E-state index in [4.69, 9.17) is 0 Å². The number of fused-ring (bicyclic) bond motifs is 2. The van der Waals surface area contributed by atoms with Crippen molar-refractivity contribution in [1.29, 1.82) is 0 Å². The van der Waals surface area contributed by atoms with Crippen molar-refractivity contribution in [1.82, 2.24) is 24.5 Å². The highest BCUT2D eigenvalue weighted by Crippen LogP contribution is 2.39. The molecule has 0 N–H and O–H groups in total. The minimum Gasteiger partial charge on any atom is -0.337 e. The first-order valence-corrected chi connectivity index (χ1v) is 9.53. The molecular formula is C19H27N5O. The third-order valence-electron chi connectivity index (χ3n) is 6.21. The van der Waals surface area contributed by atoms with Gasteiger partial charge in [-0.25, -0.2) is 9.50 Å². The number of amides is 1. The molecule has 4 rings (SSSR count). The largest absolute Gasteiger partial charge is 0.337 e. The van der Waals surface area contributed by atoms with Crippen molar-refractivity contribution in [2.24, 2.45) is 5.92 Å². The standard InChI is InChI=1S/C19H27N5O/c1-12-10-15-6-4-5-7-17(15)23(12)18(25)9-8-16-13(2)22-19-20-11-21-24(19)14(16)3/h11-12,15,17H,4-10H2,1-3H3. The van der Waals surface area contributed by atoms with Crippen LogP contribution in [0.15, 0.2) is 6.33 Å². The van der Waals surface area contributed by atoms with Crippen molar-refractivity contribution in [3.63, 3.8) is 0 Å². The van der Waals surface area contributed by atoms with Gasteiger partial charge in [-0.1, -0.05) is 12.8 Å². The van der Waals surface area contributed by atoms with Crippen LogP contribution in [-0.2, 0) is 11.2 Å². The fraction of sp³-hybridized carbons (Fsp3) is 0.684. The average Bonchev–Trinajstić information content (AvgIpc) is 3.17. The lowest BCUT2D eigenvalue weighted by Gasteiger charge is -2.33. The van der Waals surface area contributed by atoms with E-state index in [2.05, 4.69) is 26.9 Å². The number of aromatic nitrogens is 4. The average molecular weight is 341 g/mol. The lowest BCUT2D eigenvalue weighted by Crippen LogP contribution is -2.42. The van der Waals surface area contributed by atoms with Crippen LogP contribution < -0.4 is 0 Å². The second-order valence-corrected chi connectivity index (χ2v) is 7.73. The van der Waals surface area contributed by atoms with Gasteiger partial charge in [0, 0.05) is 29.9 Å². The molecule has 3 atom stereocenters. The smallest absolute Gasteiger partial charge is 0.252 e. The van der Waals surface area contributed by atoms with Crippen molar-refractivity contribution in [2.75, 3.05) is 0 Å². The molecule has 0 spiro atoms. The maximum absolute atomic E-state index is 13.0. The van der Waals surface area contributed by atoms with Gasteiger partial charge < -0.3 is 4.90 Å². The van der Waals surface area contributed by atoms with E-state index in [-0.39, 0.29) is 0 Å². The third kappa shape index (κ3) is 2.81. The lowest BCUT2D eigenvalue weighted by atomic mass is 9.85. The predicted molar refractivity (Wildman–Crippen MR) is 95.2 cm³/mol. The van der Waals surface area contributed by atoms with Gasteiger partial charge in [0.15, 0.2) is 0 Å². The van der Waals surface area contributed by atoms with E-state index >= 15 is 0 Å². The van der Waals surface area contributed by atoms with Gasteiger partial charge in [0.1, 0.15) is 6.33 Å². The molecule has 6 nitrogen and oxygen atoms in total. The van der Waals surface area contributed by atoms with Crippen LogP contribution >= 0.6 is 0 Å². The van der Waals surface area contributed by atoms with Gasteiger partial charge in [-0.3, -0.25) is 4.79 Å². The van der Waals surface area contributed by atoms with Crippen molar-refractivity contribution in [2.45, 2.75) is 77.8 Å². The molecule has 2 aromatic rings. The monoisotopic (exact) mass is 341 g/mol. The Morgan fingerprint density at radius 1 is 1.28 bits per heavy atom. The molecule has 1 aliphatic carbocycles. The lowest BCUT2D eigenvalue weighted by molar-refractivity contribution is -0.134. The van der Waals surface area contributed by atoms with Crippen LogP contribution in [0.4, 0.5) is 0 Å². The summed E-state index contributed by atoms with van der Waals surface area (Å²) >= 11 is 0. The van der Waals surface area contributed by atoms with Gasteiger partial charge in [0.25, 0.3) is 5.78 Å². The number of hydrogen-bond acceptors (Lipinski definition) is 4. The fourth-order valence-corrected chi connectivity index (χ4v) is 5.02. The Balaban J connectivity index is 1.50. The van der Waals surface area contributed by atoms with Crippen molar-refractivity contribution < 1.29 is 4.79 Å². The molecule has 1 saturated heterocycles. The molecule has 2 aliphatic rings. The zero-order chi connectivity index (χ0) is 17.6. The minimum absolute atomic E-state index is 0.305. The zero-order valence-electron chi connectivity index (χ0n) is 15.4. The highest BCUT2D eigenvalue weighted by atomic mass is 16.2. The first-order valence-electron chi connectivity index (χ1n) is 9.53. The van der Waals surface area contributed by atoms with E-state index in [1.54, 1.807) is 4.52 Å². The van der Waals surface area contributed by atoms with E-state index in [0.29, 0.717) is 30.2 Å². The quantitative estimate of drug-likeness (QED) is 0.861. The first-order chi connectivity index (χ1) is 12.1. The number of nitrogens with zero attached hydrogens (tertiary/aromatic N) is 5. The van der Waals surface area contributed by atoms with Gasteiger partial charge in [0.05, 0.1) is 0 Å². The molecule has 1 amide bonds. The number of aryl methyl sites for hydroxylation is 2. The summed E-state index contributed by atoms with van der Waals surface area (Å²) in [6, 6.07) is 0.869. The topological polar surface area (TPSA) is 63.4 Å². The number of carbonyl (C=O) groups is 1. The molecule has 2 fully saturated rings. The Hall–Kier alpha value is -1.98. The van der Waals surface area contributed by atoms with Crippen LogP contribution in [0.2, 0.25) is 0 Å². The van der Waals surface area contributed by atoms with Crippen LogP contribution in [0.25, 0.3) is 5.78 Å². The highest BCUT2D eigenvalue weighted by Gasteiger charge is 2.42. The highest BCUT2D eigenvalue weighted by molar-refractivity contribution is 5.77. The minimum atomic E-state index is 0.305. The van der Waals surface area contributed by atoms with Crippen LogP contribution in [0.3, 0.4) is 0 Å². The Bertz CT molecular complexity index is 798. The van der Waals surface area contributed by atoms with Crippen LogP contribution in [-0.4, -0.2) is 42.5 Å². The second-order valence-electron chi connectivity index (χ2n) is 7.73. The van der Waals surface area contributed by atoms with E-state index in [1.807, 2.05) is 13.8 Å². The molecule has 3 heterocycles. The molecule has 1 aliphatic heterocycles. The molecule has 0 bridgehead atoms. The summed E-state index contributed by atoms with van der Waals surface area (Å²) in [7, 11) is 0. The molecule has 0 radical (unpaired) electrons. The molecule has 0 aromatic carbocycles. The SMILES string of the molecule is Cc1nc2ncnn2c(C)c1CCC(=O)N1C(C)CC2CCCCC21. The summed E-state index contributed by atoms with van der Waals surface area (Å²) in [4.78, 5) is 23.9. The van der Waals surface area contributed by atoms with Crippen LogP contribution in [0.1, 0.15) is 62.4 Å². The van der Waals surface area contributed by atoms with Gasteiger partial charge >= 0.3 is 0 Å². The summed E-state index contributed by atoms with van der Waals surface area (Å²) in [6.45, 7) is 6.25. The number of rotatable bonds is 3. The predicted octanol–water partition coefficient (Wildman–Crippen LogP) is 2.85. The van der Waals surface area contributed by atoms with E-state index in [1.165, 1.54) is 38.4 Å². The molecular weight excluding hydrogens is 314 g/mol. The van der Waals surface area contributed by atoms with Gasteiger partial charge in [-0.05, 0) is 57.9 Å². The Morgan fingerprint density at radius 3 is 2.92 bits per heavy atom. The zero-order valence-corrected chi connectivity index (χ0v) is 15.4. The van der Waals surface area contributed by atoms with Crippen LogP contribution in [0, 0.1) is 19.8 Å². The normalized spacial score (nSPS) is 26.2. The third-order valence-corrected chi connectivity index (χ3v) is 6.21. The van der Waals surface area contributed by atoms with Crippen molar-refractivity contribution >= 4 is 11.7 Å². The summed E-state index contributed by atoms with van der Waals surface area (Å²) in [6.07, 6.45) is 9.06. The molecule has 25 heavy (non-hydrogen) atoms. The Labute approximate surface area is 148 Å². The van der Waals surface area contributed by atoms with Crippen molar-refractivity contribution in [3.05, 3.63) is 23.3 Å². The molecule has 1 saturated carbocycles. The van der Waals surface area contributed by atoms with Crippen LogP contribution in [0.5, 0.6) is 0 Å². The maximum atomic E-state index is 13.0. The summed E-state index contributed by atoms with van der Waals surface area (Å²) in [5, 5.41) is 4.24. The molecule has 6 heteroatoms. The summed E-state index contributed by atoms with van der Waals surface area (Å²) < 4.78 is 1.77. The number of likely N-dealkylation sites (tertiary alicyclic amines) is 1. The van der Waals surface area contributed by atoms with E-state index in [9.17, 15) is 4.79 Å². The fourth-order valence-electron chi connectivity index (χ4n) is 5.02. The Kier molecular flexibility index (Phi) is 4.21. The molecule has 134 valence electrons. The van der Waals surface area contributed by atoms with E-state index in [0.717, 1.165) is 29.3 Å². The summed E-state index contributed by atoms with van der Waals surface area (Å²) in [5.74, 6) is 1.66. The van der Waals surface area contributed by atoms with Gasteiger partial charge in [-0.15, -0.1) is 0 Å². The molecule has 3 unspecified atom stereocenters. The number of hydrogen-bond donors (Lipinski definition) is 0. The first kappa shape index (κ1) is 16.5. The number of carbonyl (C=O) groups excluding carboxylic acids is 1. The maximum Gasteiger partial charge on any atom is 0.252 e. The second kappa shape index (κ2) is 6.39. The van der Waals surface area contributed by atoms with Crippen molar-refractivity contribution in [3.8, 4) is 0 Å². The Morgan fingerprint density at radius 2 is 2.08 bits per heavy atom.